The minimum atomic E-state index is 0.112. The molecule has 72 valence electrons. The molecule has 0 saturated carbocycles. The minimum absolute atomic E-state index is 0.112. The average molecular weight is 179 g/mol. The second kappa shape index (κ2) is 4.40. The molecule has 0 radical (unpaired) electrons. The lowest BCUT2D eigenvalue weighted by Gasteiger charge is -2.22. The van der Waals surface area contributed by atoms with Gasteiger partial charge in [0.15, 0.2) is 0 Å². The molecule has 0 aromatic heterocycles. The number of hydrogen-bond acceptors (Lipinski definition) is 2. The van der Waals surface area contributed by atoms with Crippen LogP contribution in [0.4, 0.5) is 0 Å². The highest BCUT2D eigenvalue weighted by Crippen LogP contribution is 2.17. The van der Waals surface area contributed by atoms with Crippen LogP contribution in [0, 0.1) is 6.92 Å². The highest BCUT2D eigenvalue weighted by atomic mass is 16.3. The van der Waals surface area contributed by atoms with Crippen molar-refractivity contribution < 1.29 is 5.11 Å². The van der Waals surface area contributed by atoms with E-state index in [2.05, 4.69) is 31.2 Å². The fraction of sp³-hybridized carbons (Fsp3) is 0.455. The molecule has 1 aromatic carbocycles. The lowest BCUT2D eigenvalue weighted by molar-refractivity contribution is 0.171. The Morgan fingerprint density at radius 2 is 1.77 bits per heavy atom. The maximum absolute atomic E-state index is 9.18. The fourth-order valence-electron chi connectivity index (χ4n) is 1.36. The molecule has 0 saturated heterocycles. The Bertz CT molecular complexity index is 253. The van der Waals surface area contributed by atoms with Crippen LogP contribution < -0.4 is 0 Å². The van der Waals surface area contributed by atoms with E-state index in [0.717, 1.165) is 5.56 Å². The summed E-state index contributed by atoms with van der Waals surface area (Å²) in [6.45, 7) is 2.23. The number of benzene rings is 1. The molecule has 0 spiro atoms. The summed E-state index contributed by atoms with van der Waals surface area (Å²) in [5, 5.41) is 9.18. The Hall–Kier alpha value is -0.860. The maximum Gasteiger partial charge on any atom is 0.0628 e. The van der Waals surface area contributed by atoms with Crippen LogP contribution in [0.25, 0.3) is 0 Å². The smallest absolute Gasteiger partial charge is 0.0628 e. The third kappa shape index (κ3) is 2.54. The van der Waals surface area contributed by atoms with E-state index in [0.29, 0.717) is 0 Å². The average Bonchev–Trinajstić information content (AvgIpc) is 2.09. The van der Waals surface area contributed by atoms with Gasteiger partial charge in [0.2, 0.25) is 0 Å². The van der Waals surface area contributed by atoms with Crippen LogP contribution in [0.3, 0.4) is 0 Å². The number of aliphatic hydroxyl groups is 1. The predicted octanol–water partition coefficient (Wildman–Crippen LogP) is 1.59. The van der Waals surface area contributed by atoms with Gasteiger partial charge in [0.1, 0.15) is 0 Å². The SMILES string of the molecule is Cc1ccc([C@@H](CO)N(C)C)cc1. The van der Waals surface area contributed by atoms with E-state index in [-0.39, 0.29) is 12.6 Å². The van der Waals surface area contributed by atoms with Gasteiger partial charge >= 0.3 is 0 Å². The van der Waals surface area contributed by atoms with Crippen molar-refractivity contribution in [2.24, 2.45) is 0 Å². The largest absolute Gasteiger partial charge is 0.394 e. The fourth-order valence-corrected chi connectivity index (χ4v) is 1.36. The van der Waals surface area contributed by atoms with Crippen LogP contribution in [-0.2, 0) is 0 Å². The molecule has 2 heteroatoms. The Morgan fingerprint density at radius 1 is 1.23 bits per heavy atom. The molecular formula is C11H17NO. The molecular weight excluding hydrogens is 162 g/mol. The van der Waals surface area contributed by atoms with Gasteiger partial charge in [-0.25, -0.2) is 0 Å². The Labute approximate surface area is 79.8 Å². The number of aryl methyl sites for hydroxylation is 1. The number of hydrogen-bond donors (Lipinski definition) is 1. The molecule has 1 aromatic rings. The molecule has 0 bridgehead atoms. The third-order valence-corrected chi connectivity index (χ3v) is 2.26. The highest BCUT2D eigenvalue weighted by molar-refractivity contribution is 5.24. The number of aliphatic hydroxyl groups excluding tert-OH is 1. The zero-order chi connectivity index (χ0) is 9.84. The van der Waals surface area contributed by atoms with Crippen LogP contribution in [-0.4, -0.2) is 30.7 Å². The van der Waals surface area contributed by atoms with Crippen molar-refractivity contribution in [1.82, 2.24) is 4.90 Å². The van der Waals surface area contributed by atoms with Gasteiger partial charge in [-0.1, -0.05) is 29.8 Å². The summed E-state index contributed by atoms with van der Waals surface area (Å²) in [7, 11) is 3.95. The summed E-state index contributed by atoms with van der Waals surface area (Å²) in [6.07, 6.45) is 0. The molecule has 13 heavy (non-hydrogen) atoms. The van der Waals surface area contributed by atoms with Gasteiger partial charge in [-0.05, 0) is 26.6 Å². The second-order valence-corrected chi connectivity index (χ2v) is 3.57. The topological polar surface area (TPSA) is 23.5 Å². The van der Waals surface area contributed by atoms with Crippen molar-refractivity contribution in [2.75, 3.05) is 20.7 Å². The number of likely N-dealkylation sites (N-methyl/N-ethyl adjacent to an activating group) is 1. The molecule has 0 aliphatic heterocycles. The second-order valence-electron chi connectivity index (χ2n) is 3.57. The number of nitrogens with zero attached hydrogens (tertiary/aromatic N) is 1. The molecule has 1 rings (SSSR count). The van der Waals surface area contributed by atoms with Crippen molar-refractivity contribution in [2.45, 2.75) is 13.0 Å². The quantitative estimate of drug-likeness (QED) is 0.761. The predicted molar refractivity (Wildman–Crippen MR) is 54.7 cm³/mol. The summed E-state index contributed by atoms with van der Waals surface area (Å²) < 4.78 is 0. The molecule has 2 nitrogen and oxygen atoms in total. The highest BCUT2D eigenvalue weighted by Gasteiger charge is 2.11. The van der Waals surface area contributed by atoms with Crippen molar-refractivity contribution in [3.63, 3.8) is 0 Å². The van der Waals surface area contributed by atoms with E-state index in [4.69, 9.17) is 0 Å². The molecule has 0 heterocycles. The molecule has 0 aliphatic rings. The van der Waals surface area contributed by atoms with Crippen LogP contribution in [0.2, 0.25) is 0 Å². The van der Waals surface area contributed by atoms with Gasteiger partial charge in [-0.3, -0.25) is 0 Å². The van der Waals surface area contributed by atoms with Crippen molar-refractivity contribution >= 4 is 0 Å². The Kier molecular flexibility index (Phi) is 3.46. The summed E-state index contributed by atoms with van der Waals surface area (Å²) in [4.78, 5) is 2.02. The van der Waals surface area contributed by atoms with Gasteiger partial charge in [-0.15, -0.1) is 0 Å². The van der Waals surface area contributed by atoms with Crippen molar-refractivity contribution in [3.05, 3.63) is 35.4 Å². The Morgan fingerprint density at radius 3 is 2.15 bits per heavy atom. The minimum Gasteiger partial charge on any atom is -0.394 e. The van der Waals surface area contributed by atoms with Crippen molar-refractivity contribution in [1.29, 1.82) is 0 Å². The van der Waals surface area contributed by atoms with Crippen molar-refractivity contribution in [3.8, 4) is 0 Å². The van der Waals surface area contributed by atoms with Gasteiger partial charge in [-0.2, -0.15) is 0 Å². The van der Waals surface area contributed by atoms with E-state index in [1.807, 2.05) is 19.0 Å². The first-order valence-electron chi connectivity index (χ1n) is 4.49. The molecule has 0 fully saturated rings. The summed E-state index contributed by atoms with van der Waals surface area (Å²) in [6, 6.07) is 8.38. The zero-order valence-corrected chi connectivity index (χ0v) is 8.49. The van der Waals surface area contributed by atoms with Crippen LogP contribution in [0.15, 0.2) is 24.3 Å². The third-order valence-electron chi connectivity index (χ3n) is 2.26. The van der Waals surface area contributed by atoms with Crippen LogP contribution >= 0.6 is 0 Å². The summed E-state index contributed by atoms with van der Waals surface area (Å²) in [5.41, 5.74) is 2.41. The van der Waals surface area contributed by atoms with Gasteiger partial charge in [0, 0.05) is 0 Å². The first-order valence-corrected chi connectivity index (χ1v) is 4.49. The summed E-state index contributed by atoms with van der Waals surface area (Å²) in [5.74, 6) is 0. The molecule has 0 aliphatic carbocycles. The molecule has 1 N–H and O–H groups in total. The van der Waals surface area contributed by atoms with Gasteiger partial charge in [0.25, 0.3) is 0 Å². The summed E-state index contributed by atoms with van der Waals surface area (Å²) >= 11 is 0. The lowest BCUT2D eigenvalue weighted by Crippen LogP contribution is -2.22. The Balaban J connectivity index is 2.86. The van der Waals surface area contributed by atoms with E-state index >= 15 is 0 Å². The molecule has 1 atom stereocenters. The molecule has 0 unspecified atom stereocenters. The monoisotopic (exact) mass is 179 g/mol. The lowest BCUT2D eigenvalue weighted by atomic mass is 10.1. The normalized spacial score (nSPS) is 13.3. The van der Waals surface area contributed by atoms with E-state index < -0.39 is 0 Å². The van der Waals surface area contributed by atoms with E-state index in [9.17, 15) is 5.11 Å². The standard InChI is InChI=1S/C11H17NO/c1-9-4-6-10(7-5-9)11(8-13)12(2)3/h4-7,11,13H,8H2,1-3H3/t11-/m1/s1. The van der Waals surface area contributed by atoms with Gasteiger partial charge in [0.05, 0.1) is 12.6 Å². The number of rotatable bonds is 3. The maximum atomic E-state index is 9.18. The van der Waals surface area contributed by atoms with Gasteiger partial charge < -0.3 is 10.0 Å². The van der Waals surface area contributed by atoms with E-state index in [1.54, 1.807) is 0 Å². The first-order chi connectivity index (χ1) is 6.15. The van der Waals surface area contributed by atoms with E-state index in [1.165, 1.54) is 5.56 Å². The van der Waals surface area contributed by atoms with Crippen LogP contribution in [0.1, 0.15) is 17.2 Å². The zero-order valence-electron chi connectivity index (χ0n) is 8.49. The van der Waals surface area contributed by atoms with Crippen LogP contribution in [0.5, 0.6) is 0 Å². The molecule has 0 amide bonds. The first kappa shape index (κ1) is 10.2.